The lowest BCUT2D eigenvalue weighted by molar-refractivity contribution is -0.134. The molecular formula is C20H21N3O5S. The number of piperazine rings is 1. The summed E-state index contributed by atoms with van der Waals surface area (Å²) in [6.07, 6.45) is 1.12. The second-order valence-electron chi connectivity index (χ2n) is 6.46. The lowest BCUT2D eigenvalue weighted by Crippen LogP contribution is -2.47. The Balaban J connectivity index is 0.000000258. The first-order valence-corrected chi connectivity index (χ1v) is 9.88. The van der Waals surface area contributed by atoms with Crippen LogP contribution >= 0.6 is 11.3 Å². The van der Waals surface area contributed by atoms with Crippen LogP contribution in [0.2, 0.25) is 0 Å². The summed E-state index contributed by atoms with van der Waals surface area (Å²) in [5, 5.41) is 19.8. The Morgan fingerprint density at radius 2 is 1.69 bits per heavy atom. The van der Waals surface area contributed by atoms with Crippen molar-refractivity contribution < 1.29 is 24.5 Å². The number of likely N-dealkylation sites (N-methyl/N-ethyl adjacent to an activating group) is 1. The van der Waals surface area contributed by atoms with E-state index in [-0.39, 0.29) is 0 Å². The molecule has 3 heterocycles. The monoisotopic (exact) mass is 415 g/mol. The molecule has 8 nitrogen and oxygen atoms in total. The molecule has 0 saturated carbocycles. The molecule has 9 heteroatoms. The van der Waals surface area contributed by atoms with Crippen LogP contribution in [-0.4, -0.2) is 71.0 Å². The summed E-state index contributed by atoms with van der Waals surface area (Å²) in [6.45, 7) is 4.15. The van der Waals surface area contributed by atoms with E-state index >= 15 is 0 Å². The number of fused-ring (bicyclic) bond motifs is 2. The molecule has 1 aromatic heterocycles. The van der Waals surface area contributed by atoms with Gasteiger partial charge < -0.3 is 24.7 Å². The van der Waals surface area contributed by atoms with Gasteiger partial charge in [0.15, 0.2) is 5.75 Å². The summed E-state index contributed by atoms with van der Waals surface area (Å²) in [4.78, 5) is 28.7. The molecule has 2 aliphatic rings. The fourth-order valence-electron chi connectivity index (χ4n) is 2.86. The third kappa shape index (κ3) is 5.43. The molecule has 0 unspecified atom stereocenters. The van der Waals surface area contributed by atoms with Crippen molar-refractivity contribution >= 4 is 34.8 Å². The van der Waals surface area contributed by atoms with Gasteiger partial charge in [0.2, 0.25) is 0 Å². The van der Waals surface area contributed by atoms with Crippen LogP contribution in [0.25, 0.3) is 0 Å². The quantitative estimate of drug-likeness (QED) is 0.727. The number of hydrogen-bond acceptors (Lipinski definition) is 7. The molecule has 29 heavy (non-hydrogen) atoms. The number of aliphatic imine (C=N–C) groups is 1. The fraction of sp³-hybridized carbons (Fsp3) is 0.250. The van der Waals surface area contributed by atoms with Crippen molar-refractivity contribution in [3.63, 3.8) is 0 Å². The SMILES string of the molecule is CN1CCN(C2=Nc3ccccc3Oc3cscc32)CC1.O=C(O)C=CC(=O)O. The van der Waals surface area contributed by atoms with Gasteiger partial charge in [-0.25, -0.2) is 14.6 Å². The minimum Gasteiger partial charge on any atom is -0.478 e. The average Bonchev–Trinajstić information content (AvgIpc) is 3.09. The predicted octanol–water partition coefficient (Wildman–Crippen LogP) is 2.89. The maximum atomic E-state index is 9.55. The van der Waals surface area contributed by atoms with Gasteiger partial charge in [0.1, 0.15) is 17.3 Å². The van der Waals surface area contributed by atoms with Gasteiger partial charge in [0.05, 0.1) is 5.56 Å². The van der Waals surface area contributed by atoms with Gasteiger partial charge in [-0.15, -0.1) is 11.3 Å². The van der Waals surface area contributed by atoms with Crippen molar-refractivity contribution in [3.8, 4) is 11.5 Å². The second kappa shape index (κ2) is 9.35. The van der Waals surface area contributed by atoms with E-state index in [2.05, 4.69) is 27.6 Å². The second-order valence-corrected chi connectivity index (χ2v) is 7.20. The van der Waals surface area contributed by atoms with E-state index in [1.807, 2.05) is 24.3 Å². The standard InChI is InChI=1S/C16H17N3OS.C4H4O4/c1-18-6-8-19(9-7-18)16-12-10-21-11-15(12)20-14-5-3-2-4-13(14)17-16;5-3(6)1-2-4(7)8/h2-5,10-11H,6-9H2,1H3;1-2H,(H,5,6)(H,7,8). The van der Waals surface area contributed by atoms with E-state index < -0.39 is 11.9 Å². The van der Waals surface area contributed by atoms with E-state index in [9.17, 15) is 9.59 Å². The number of hydrogen-bond donors (Lipinski definition) is 2. The molecule has 0 bridgehead atoms. The Kier molecular flexibility index (Phi) is 6.63. The highest BCUT2D eigenvalue weighted by molar-refractivity contribution is 7.08. The predicted molar refractivity (Wildman–Crippen MR) is 111 cm³/mol. The largest absolute Gasteiger partial charge is 0.478 e. The van der Waals surface area contributed by atoms with Crippen molar-refractivity contribution in [1.29, 1.82) is 0 Å². The minimum absolute atomic E-state index is 0.558. The molecule has 1 fully saturated rings. The van der Waals surface area contributed by atoms with Crippen LogP contribution in [-0.2, 0) is 9.59 Å². The van der Waals surface area contributed by atoms with Crippen LogP contribution in [0.5, 0.6) is 11.5 Å². The molecule has 2 N–H and O–H groups in total. The summed E-state index contributed by atoms with van der Waals surface area (Å²) in [5.74, 6) is 0.285. The van der Waals surface area contributed by atoms with Gasteiger partial charge in [0.25, 0.3) is 0 Å². The van der Waals surface area contributed by atoms with Crippen LogP contribution in [0.4, 0.5) is 5.69 Å². The number of ether oxygens (including phenoxy) is 1. The molecular weight excluding hydrogens is 394 g/mol. The van der Waals surface area contributed by atoms with Gasteiger partial charge in [-0.3, -0.25) is 0 Å². The van der Waals surface area contributed by atoms with Crippen LogP contribution in [0, 0.1) is 0 Å². The maximum absolute atomic E-state index is 9.55. The average molecular weight is 415 g/mol. The number of para-hydroxylation sites is 2. The van der Waals surface area contributed by atoms with Gasteiger partial charge in [-0.05, 0) is 19.2 Å². The Labute approximate surface area is 172 Å². The van der Waals surface area contributed by atoms with Gasteiger partial charge in [-0.1, -0.05) is 12.1 Å². The number of nitrogens with zero attached hydrogens (tertiary/aromatic N) is 3. The normalized spacial score (nSPS) is 15.9. The Morgan fingerprint density at radius 1 is 1.03 bits per heavy atom. The minimum atomic E-state index is -1.26. The van der Waals surface area contributed by atoms with E-state index in [1.165, 1.54) is 0 Å². The fourth-order valence-corrected chi connectivity index (χ4v) is 3.58. The number of aliphatic carboxylic acids is 2. The number of carboxylic acids is 2. The maximum Gasteiger partial charge on any atom is 0.328 e. The Hall–Kier alpha value is -3.17. The highest BCUT2D eigenvalue weighted by Gasteiger charge is 2.25. The number of amidine groups is 1. The molecule has 4 rings (SSSR count). The zero-order valence-corrected chi connectivity index (χ0v) is 16.6. The number of carboxylic acid groups (broad SMARTS) is 2. The van der Waals surface area contributed by atoms with Crippen LogP contribution < -0.4 is 4.74 Å². The highest BCUT2D eigenvalue weighted by atomic mass is 32.1. The lowest BCUT2D eigenvalue weighted by atomic mass is 10.2. The molecule has 0 amide bonds. The van der Waals surface area contributed by atoms with E-state index in [1.54, 1.807) is 11.3 Å². The third-order valence-electron chi connectivity index (χ3n) is 4.35. The van der Waals surface area contributed by atoms with Crippen molar-refractivity contribution in [2.24, 2.45) is 4.99 Å². The molecule has 2 aliphatic heterocycles. The first kappa shape index (κ1) is 20.6. The summed E-state index contributed by atoms with van der Waals surface area (Å²) < 4.78 is 6.04. The lowest BCUT2D eigenvalue weighted by Gasteiger charge is -2.34. The summed E-state index contributed by atoms with van der Waals surface area (Å²) in [5.41, 5.74) is 2.02. The summed E-state index contributed by atoms with van der Waals surface area (Å²) in [6, 6.07) is 7.99. The van der Waals surface area contributed by atoms with Crippen molar-refractivity contribution in [1.82, 2.24) is 9.80 Å². The number of benzene rings is 1. The zero-order chi connectivity index (χ0) is 20.8. The number of thiophene rings is 1. The van der Waals surface area contributed by atoms with Crippen molar-refractivity contribution in [2.75, 3.05) is 33.2 Å². The van der Waals surface area contributed by atoms with Crippen molar-refractivity contribution in [3.05, 3.63) is 52.7 Å². The highest BCUT2D eigenvalue weighted by Crippen LogP contribution is 2.39. The summed E-state index contributed by atoms with van der Waals surface area (Å²) in [7, 11) is 2.17. The summed E-state index contributed by atoms with van der Waals surface area (Å²) >= 11 is 1.66. The molecule has 1 aromatic carbocycles. The third-order valence-corrected chi connectivity index (χ3v) is 5.07. The molecule has 0 aliphatic carbocycles. The Morgan fingerprint density at radius 3 is 2.34 bits per heavy atom. The molecule has 2 aromatic rings. The van der Waals surface area contributed by atoms with E-state index in [4.69, 9.17) is 19.9 Å². The molecule has 0 atom stereocenters. The topological polar surface area (TPSA) is 103 Å². The molecule has 152 valence electrons. The first-order valence-electron chi connectivity index (χ1n) is 8.93. The van der Waals surface area contributed by atoms with Gasteiger partial charge in [0, 0.05) is 49.1 Å². The van der Waals surface area contributed by atoms with Gasteiger partial charge >= 0.3 is 11.9 Å². The van der Waals surface area contributed by atoms with Crippen LogP contribution in [0.15, 0.2) is 52.2 Å². The first-order chi connectivity index (χ1) is 13.9. The molecule has 0 spiro atoms. The van der Waals surface area contributed by atoms with Crippen LogP contribution in [0.3, 0.4) is 0 Å². The van der Waals surface area contributed by atoms with E-state index in [0.29, 0.717) is 12.2 Å². The van der Waals surface area contributed by atoms with Gasteiger partial charge in [-0.2, -0.15) is 0 Å². The van der Waals surface area contributed by atoms with E-state index in [0.717, 1.165) is 54.8 Å². The van der Waals surface area contributed by atoms with Crippen molar-refractivity contribution in [2.45, 2.75) is 0 Å². The smallest absolute Gasteiger partial charge is 0.328 e. The Bertz CT molecular complexity index is 929. The number of carbonyl (C=O) groups is 2. The molecule has 1 saturated heterocycles. The molecule has 0 radical (unpaired) electrons. The number of rotatable bonds is 2. The van der Waals surface area contributed by atoms with Crippen LogP contribution in [0.1, 0.15) is 5.56 Å². The zero-order valence-electron chi connectivity index (χ0n) is 15.8.